The van der Waals surface area contributed by atoms with E-state index in [9.17, 15) is 0 Å². The average molecular weight is 412 g/mol. The Labute approximate surface area is 169 Å². The lowest BCUT2D eigenvalue weighted by Gasteiger charge is -2.16. The number of guanidine groups is 1. The van der Waals surface area contributed by atoms with E-state index in [0.717, 1.165) is 11.1 Å². The molecule has 0 spiro atoms. The van der Waals surface area contributed by atoms with Gasteiger partial charge in [0.25, 0.3) is 0 Å². The quantitative estimate of drug-likeness (QED) is 0.534. The number of halogens is 2. The molecule has 0 aromatic heterocycles. The molecule has 0 saturated carbocycles. The van der Waals surface area contributed by atoms with E-state index in [1.54, 1.807) is 40.5 Å². The molecule has 8 heteroatoms. The van der Waals surface area contributed by atoms with E-state index >= 15 is 0 Å². The Bertz CT molecular complexity index is 788. The van der Waals surface area contributed by atoms with Crippen LogP contribution in [-0.2, 0) is 13.1 Å². The average Bonchev–Trinajstić information content (AvgIpc) is 2.68. The Morgan fingerprint density at radius 1 is 0.926 bits per heavy atom. The Morgan fingerprint density at radius 3 is 2.07 bits per heavy atom. The summed E-state index contributed by atoms with van der Waals surface area (Å²) in [5.74, 6) is 2.40. The third kappa shape index (κ3) is 5.58. The predicted octanol–water partition coefficient (Wildman–Crippen LogP) is 3.88. The van der Waals surface area contributed by atoms with Crippen LogP contribution < -0.4 is 24.8 Å². The van der Waals surface area contributed by atoms with Crippen LogP contribution >= 0.6 is 23.2 Å². The first-order valence-electron chi connectivity index (χ1n) is 8.19. The first kappa shape index (κ1) is 21.0. The van der Waals surface area contributed by atoms with Crippen molar-refractivity contribution in [3.63, 3.8) is 0 Å². The minimum atomic E-state index is 0.519. The zero-order chi connectivity index (χ0) is 19.8. The molecule has 2 aromatic rings. The van der Waals surface area contributed by atoms with Crippen molar-refractivity contribution >= 4 is 29.2 Å². The van der Waals surface area contributed by atoms with E-state index in [2.05, 4.69) is 15.6 Å². The van der Waals surface area contributed by atoms with E-state index in [1.165, 1.54) is 0 Å². The van der Waals surface area contributed by atoms with Gasteiger partial charge in [-0.05, 0) is 35.4 Å². The smallest absolute Gasteiger partial charge is 0.203 e. The van der Waals surface area contributed by atoms with Gasteiger partial charge in [0.15, 0.2) is 17.5 Å². The van der Waals surface area contributed by atoms with Gasteiger partial charge in [-0.15, -0.1) is 0 Å². The van der Waals surface area contributed by atoms with Gasteiger partial charge in [-0.1, -0.05) is 29.3 Å². The van der Waals surface area contributed by atoms with Crippen LogP contribution in [0.25, 0.3) is 0 Å². The van der Waals surface area contributed by atoms with Gasteiger partial charge in [0.1, 0.15) is 0 Å². The van der Waals surface area contributed by atoms with Crippen LogP contribution in [0.15, 0.2) is 35.3 Å². The lowest BCUT2D eigenvalue weighted by molar-refractivity contribution is 0.323. The van der Waals surface area contributed by atoms with Crippen molar-refractivity contribution in [3.05, 3.63) is 51.5 Å². The molecule has 0 fully saturated rings. The Hall–Kier alpha value is -2.31. The van der Waals surface area contributed by atoms with Gasteiger partial charge in [0.05, 0.1) is 21.3 Å². The minimum absolute atomic E-state index is 0.519. The van der Waals surface area contributed by atoms with Gasteiger partial charge in [-0.25, -0.2) is 0 Å². The van der Waals surface area contributed by atoms with E-state index in [4.69, 9.17) is 37.4 Å². The zero-order valence-electron chi connectivity index (χ0n) is 15.7. The zero-order valence-corrected chi connectivity index (χ0v) is 17.2. The molecule has 0 saturated heterocycles. The number of hydrogen-bond acceptors (Lipinski definition) is 4. The van der Waals surface area contributed by atoms with E-state index in [0.29, 0.717) is 46.3 Å². The predicted molar refractivity (Wildman–Crippen MR) is 110 cm³/mol. The summed E-state index contributed by atoms with van der Waals surface area (Å²) in [5.41, 5.74) is 1.88. The van der Waals surface area contributed by atoms with E-state index in [-0.39, 0.29) is 0 Å². The van der Waals surface area contributed by atoms with Crippen molar-refractivity contribution in [2.45, 2.75) is 13.1 Å². The number of nitrogens with one attached hydrogen (secondary N) is 2. The lowest BCUT2D eigenvalue weighted by Crippen LogP contribution is -2.36. The molecular formula is C19H23Cl2N3O3. The Morgan fingerprint density at radius 2 is 1.56 bits per heavy atom. The van der Waals surface area contributed by atoms with Crippen molar-refractivity contribution < 1.29 is 14.2 Å². The van der Waals surface area contributed by atoms with Gasteiger partial charge in [0.2, 0.25) is 5.75 Å². The molecule has 2 rings (SSSR count). The van der Waals surface area contributed by atoms with E-state index in [1.807, 2.05) is 18.2 Å². The number of hydrogen-bond donors (Lipinski definition) is 2. The fraction of sp³-hybridized carbons (Fsp3) is 0.316. The molecule has 6 nitrogen and oxygen atoms in total. The molecule has 0 aliphatic rings. The molecule has 0 radical (unpaired) electrons. The molecule has 0 aliphatic heterocycles. The van der Waals surface area contributed by atoms with Crippen LogP contribution in [-0.4, -0.2) is 34.3 Å². The molecule has 0 bridgehead atoms. The highest BCUT2D eigenvalue weighted by atomic mass is 35.5. The maximum atomic E-state index is 6.20. The number of nitrogens with zero attached hydrogens (tertiary/aromatic N) is 1. The molecule has 0 atom stereocenters. The summed E-state index contributed by atoms with van der Waals surface area (Å²) in [6.07, 6.45) is 0. The Balaban J connectivity index is 2.03. The SMILES string of the molecule is CN=C(NCc1cc(OC)c(OC)c(OC)c1)NCc1ccc(Cl)cc1Cl. The highest BCUT2D eigenvalue weighted by molar-refractivity contribution is 6.35. The summed E-state index contributed by atoms with van der Waals surface area (Å²) in [4.78, 5) is 4.22. The molecule has 2 aromatic carbocycles. The second kappa shape index (κ2) is 10.1. The van der Waals surface area contributed by atoms with Crippen LogP contribution in [0.5, 0.6) is 17.2 Å². The monoisotopic (exact) mass is 411 g/mol. The van der Waals surface area contributed by atoms with Crippen LogP contribution in [0.2, 0.25) is 10.0 Å². The minimum Gasteiger partial charge on any atom is -0.493 e. The van der Waals surface area contributed by atoms with Crippen molar-refractivity contribution in [2.75, 3.05) is 28.4 Å². The van der Waals surface area contributed by atoms with Gasteiger partial charge in [-0.3, -0.25) is 4.99 Å². The van der Waals surface area contributed by atoms with Crippen LogP contribution in [0.3, 0.4) is 0 Å². The summed E-state index contributed by atoms with van der Waals surface area (Å²) in [5, 5.41) is 7.68. The van der Waals surface area contributed by atoms with Gasteiger partial charge in [-0.2, -0.15) is 0 Å². The molecule has 0 amide bonds. The molecule has 0 aliphatic carbocycles. The van der Waals surface area contributed by atoms with Crippen LogP contribution in [0, 0.1) is 0 Å². The fourth-order valence-corrected chi connectivity index (χ4v) is 2.96. The fourth-order valence-electron chi connectivity index (χ4n) is 2.49. The summed E-state index contributed by atoms with van der Waals surface area (Å²) in [6.45, 7) is 1.04. The van der Waals surface area contributed by atoms with Crippen molar-refractivity contribution in [1.29, 1.82) is 0 Å². The number of rotatable bonds is 7. The maximum Gasteiger partial charge on any atom is 0.203 e. The maximum absolute atomic E-state index is 6.20. The highest BCUT2D eigenvalue weighted by Crippen LogP contribution is 2.38. The lowest BCUT2D eigenvalue weighted by atomic mass is 10.2. The van der Waals surface area contributed by atoms with Crippen LogP contribution in [0.1, 0.15) is 11.1 Å². The number of methoxy groups -OCH3 is 3. The number of ether oxygens (including phenoxy) is 3. The van der Waals surface area contributed by atoms with Crippen molar-refractivity contribution in [3.8, 4) is 17.2 Å². The molecule has 146 valence electrons. The third-order valence-electron chi connectivity index (χ3n) is 3.87. The second-order valence-corrected chi connectivity index (χ2v) is 6.39. The summed E-state index contributed by atoms with van der Waals surface area (Å²) in [7, 11) is 6.45. The summed E-state index contributed by atoms with van der Waals surface area (Å²) in [6, 6.07) is 9.17. The standard InChI is InChI=1S/C19H23Cl2N3O3/c1-22-19(24-11-13-5-6-14(20)9-15(13)21)23-10-12-7-16(25-2)18(27-4)17(8-12)26-3/h5-9H,10-11H2,1-4H3,(H2,22,23,24). The molecule has 2 N–H and O–H groups in total. The van der Waals surface area contributed by atoms with Crippen molar-refractivity contribution in [1.82, 2.24) is 10.6 Å². The number of aliphatic imine (C=N–C) groups is 1. The molecule has 27 heavy (non-hydrogen) atoms. The van der Waals surface area contributed by atoms with Gasteiger partial charge in [0, 0.05) is 30.2 Å². The molecule has 0 heterocycles. The normalized spacial score (nSPS) is 11.1. The number of benzene rings is 2. The highest BCUT2D eigenvalue weighted by Gasteiger charge is 2.13. The third-order valence-corrected chi connectivity index (χ3v) is 4.46. The summed E-state index contributed by atoms with van der Waals surface area (Å²) < 4.78 is 16.1. The van der Waals surface area contributed by atoms with Gasteiger partial charge < -0.3 is 24.8 Å². The van der Waals surface area contributed by atoms with E-state index < -0.39 is 0 Å². The topological polar surface area (TPSA) is 64.1 Å². The second-order valence-electron chi connectivity index (χ2n) is 5.55. The molecule has 0 unspecified atom stereocenters. The first-order valence-corrected chi connectivity index (χ1v) is 8.95. The largest absolute Gasteiger partial charge is 0.493 e. The first-order chi connectivity index (χ1) is 13.0. The molecular weight excluding hydrogens is 389 g/mol. The van der Waals surface area contributed by atoms with Gasteiger partial charge >= 0.3 is 0 Å². The van der Waals surface area contributed by atoms with Crippen LogP contribution in [0.4, 0.5) is 0 Å². The Kier molecular flexibility index (Phi) is 7.88. The van der Waals surface area contributed by atoms with Crippen molar-refractivity contribution in [2.24, 2.45) is 4.99 Å². The summed E-state index contributed by atoms with van der Waals surface area (Å²) >= 11 is 12.1.